The number of halogens is 2. The molecule has 4 nitrogen and oxygen atoms in total. The van der Waals surface area contributed by atoms with Gasteiger partial charge in [-0.3, -0.25) is 9.69 Å². The molecule has 0 bridgehead atoms. The zero-order valence-electron chi connectivity index (χ0n) is 14.8. The summed E-state index contributed by atoms with van der Waals surface area (Å²) in [6.45, 7) is 4.13. The first kappa shape index (κ1) is 18.3. The summed E-state index contributed by atoms with van der Waals surface area (Å²) in [4.78, 5) is 16.4. The lowest BCUT2D eigenvalue weighted by molar-refractivity contribution is -0.131. The smallest absolute Gasteiger partial charge is 0.224 e. The van der Waals surface area contributed by atoms with Crippen LogP contribution in [0.2, 0.25) is 0 Å². The maximum atomic E-state index is 13.9. The molecule has 0 aliphatic carbocycles. The van der Waals surface area contributed by atoms with Crippen molar-refractivity contribution in [2.45, 2.75) is 32.2 Å². The molecule has 1 spiro atoms. The third-order valence-electron chi connectivity index (χ3n) is 5.48. The molecule has 25 heavy (non-hydrogen) atoms. The van der Waals surface area contributed by atoms with Crippen LogP contribution in [0.3, 0.4) is 0 Å². The van der Waals surface area contributed by atoms with Gasteiger partial charge in [0.15, 0.2) is 11.6 Å². The molecule has 0 aromatic heterocycles. The molecule has 2 heterocycles. The number of nitrogens with zero attached hydrogens (tertiary/aromatic N) is 2. The molecule has 3 rings (SSSR count). The standard InChI is InChI=1S/C19H26F2N2O2/c1-25-11-6-17(24)23-10-8-19(14-23)7-3-9-22(13-19)12-15-4-2-5-16(20)18(15)21/h2,4-5H,3,6-14H2,1H3/t19-/m1/s1. The van der Waals surface area contributed by atoms with Gasteiger partial charge in [-0.25, -0.2) is 8.78 Å². The molecule has 6 heteroatoms. The van der Waals surface area contributed by atoms with Gasteiger partial charge in [0.1, 0.15) is 0 Å². The Morgan fingerprint density at radius 1 is 1.24 bits per heavy atom. The summed E-state index contributed by atoms with van der Waals surface area (Å²) in [5.74, 6) is -1.39. The van der Waals surface area contributed by atoms with Crippen molar-refractivity contribution in [1.82, 2.24) is 9.80 Å². The van der Waals surface area contributed by atoms with E-state index in [4.69, 9.17) is 4.74 Å². The zero-order chi connectivity index (χ0) is 17.9. The number of piperidine rings is 1. The van der Waals surface area contributed by atoms with Crippen molar-refractivity contribution >= 4 is 5.91 Å². The molecule has 2 aliphatic rings. The van der Waals surface area contributed by atoms with Gasteiger partial charge in [-0.15, -0.1) is 0 Å². The van der Waals surface area contributed by atoms with Crippen molar-refractivity contribution < 1.29 is 18.3 Å². The monoisotopic (exact) mass is 352 g/mol. The van der Waals surface area contributed by atoms with E-state index >= 15 is 0 Å². The van der Waals surface area contributed by atoms with E-state index in [1.54, 1.807) is 19.2 Å². The van der Waals surface area contributed by atoms with Crippen LogP contribution in [0.1, 0.15) is 31.2 Å². The number of ether oxygens (including phenoxy) is 1. The van der Waals surface area contributed by atoms with Crippen LogP contribution in [-0.4, -0.2) is 55.6 Å². The molecule has 2 aliphatic heterocycles. The summed E-state index contributed by atoms with van der Waals surface area (Å²) < 4.78 is 32.4. The quantitative estimate of drug-likeness (QED) is 0.817. The van der Waals surface area contributed by atoms with Gasteiger partial charge in [-0.2, -0.15) is 0 Å². The molecule has 0 saturated carbocycles. The van der Waals surface area contributed by atoms with E-state index in [1.807, 2.05) is 4.90 Å². The first-order valence-electron chi connectivity index (χ1n) is 8.95. The topological polar surface area (TPSA) is 32.8 Å². The molecule has 0 unspecified atom stereocenters. The minimum Gasteiger partial charge on any atom is -0.384 e. The lowest BCUT2D eigenvalue weighted by Gasteiger charge is -2.40. The van der Waals surface area contributed by atoms with Crippen molar-refractivity contribution in [2.75, 3.05) is 39.9 Å². The average molecular weight is 352 g/mol. The largest absolute Gasteiger partial charge is 0.384 e. The minimum absolute atomic E-state index is 0.0881. The summed E-state index contributed by atoms with van der Waals surface area (Å²) in [6, 6.07) is 4.35. The minimum atomic E-state index is -0.792. The molecular weight excluding hydrogens is 326 g/mol. The van der Waals surface area contributed by atoms with Crippen LogP contribution >= 0.6 is 0 Å². The van der Waals surface area contributed by atoms with Crippen LogP contribution in [0.15, 0.2) is 18.2 Å². The van der Waals surface area contributed by atoms with Gasteiger partial charge in [0.2, 0.25) is 5.91 Å². The van der Waals surface area contributed by atoms with E-state index in [0.29, 0.717) is 25.1 Å². The van der Waals surface area contributed by atoms with Gasteiger partial charge in [0.05, 0.1) is 13.0 Å². The van der Waals surface area contributed by atoms with E-state index in [9.17, 15) is 13.6 Å². The van der Waals surface area contributed by atoms with Gasteiger partial charge >= 0.3 is 0 Å². The highest BCUT2D eigenvalue weighted by Crippen LogP contribution is 2.39. The fourth-order valence-electron chi connectivity index (χ4n) is 4.19. The molecule has 1 aromatic carbocycles. The second kappa shape index (κ2) is 7.79. The first-order valence-corrected chi connectivity index (χ1v) is 8.95. The Balaban J connectivity index is 1.61. The molecule has 2 saturated heterocycles. The molecule has 1 atom stereocenters. The van der Waals surface area contributed by atoms with Crippen molar-refractivity contribution in [3.63, 3.8) is 0 Å². The average Bonchev–Trinajstić information content (AvgIpc) is 3.00. The Labute approximate surface area is 147 Å². The Bertz CT molecular complexity index is 625. The van der Waals surface area contributed by atoms with E-state index in [0.717, 1.165) is 51.5 Å². The number of benzene rings is 1. The van der Waals surface area contributed by atoms with E-state index < -0.39 is 11.6 Å². The second-order valence-electron chi connectivity index (χ2n) is 7.34. The van der Waals surface area contributed by atoms with Crippen molar-refractivity contribution in [3.8, 4) is 0 Å². The number of hydrogen-bond donors (Lipinski definition) is 0. The van der Waals surface area contributed by atoms with E-state index in [1.165, 1.54) is 0 Å². The van der Waals surface area contributed by atoms with Crippen LogP contribution in [0.4, 0.5) is 8.78 Å². The first-order chi connectivity index (χ1) is 12.0. The van der Waals surface area contributed by atoms with Gasteiger partial charge in [0.25, 0.3) is 0 Å². The van der Waals surface area contributed by atoms with Gasteiger partial charge < -0.3 is 9.64 Å². The van der Waals surface area contributed by atoms with Gasteiger partial charge in [-0.05, 0) is 31.9 Å². The highest BCUT2D eigenvalue weighted by atomic mass is 19.2. The molecule has 0 radical (unpaired) electrons. The summed E-state index contributed by atoms with van der Waals surface area (Å²) in [7, 11) is 1.60. The number of hydrogen-bond acceptors (Lipinski definition) is 3. The zero-order valence-corrected chi connectivity index (χ0v) is 14.8. The van der Waals surface area contributed by atoms with Crippen molar-refractivity contribution in [2.24, 2.45) is 5.41 Å². The molecule has 138 valence electrons. The number of carbonyl (C=O) groups excluding carboxylic acids is 1. The van der Waals surface area contributed by atoms with E-state index in [-0.39, 0.29) is 11.3 Å². The maximum Gasteiger partial charge on any atom is 0.224 e. The number of rotatable bonds is 5. The molecule has 1 amide bonds. The summed E-state index contributed by atoms with van der Waals surface area (Å²) in [6.07, 6.45) is 3.51. The fraction of sp³-hybridized carbons (Fsp3) is 0.632. The highest BCUT2D eigenvalue weighted by Gasteiger charge is 2.42. The Kier molecular flexibility index (Phi) is 5.69. The van der Waals surface area contributed by atoms with Crippen LogP contribution in [-0.2, 0) is 16.1 Å². The highest BCUT2D eigenvalue weighted by molar-refractivity contribution is 5.76. The lowest BCUT2D eigenvalue weighted by atomic mass is 9.79. The van der Waals surface area contributed by atoms with Crippen molar-refractivity contribution in [3.05, 3.63) is 35.4 Å². The number of amides is 1. The fourth-order valence-corrected chi connectivity index (χ4v) is 4.19. The lowest BCUT2D eigenvalue weighted by Crippen LogP contribution is -2.45. The molecule has 2 fully saturated rings. The van der Waals surface area contributed by atoms with Gasteiger partial charge in [0, 0.05) is 44.3 Å². The molecule has 0 N–H and O–H groups in total. The number of methoxy groups -OCH3 is 1. The van der Waals surface area contributed by atoms with Crippen LogP contribution in [0, 0.1) is 17.0 Å². The van der Waals surface area contributed by atoms with Crippen LogP contribution in [0.5, 0.6) is 0 Å². The molecular formula is C19H26F2N2O2. The number of carbonyl (C=O) groups is 1. The maximum absolute atomic E-state index is 13.9. The Morgan fingerprint density at radius 2 is 2.08 bits per heavy atom. The van der Waals surface area contributed by atoms with Crippen LogP contribution in [0.25, 0.3) is 0 Å². The molecule has 1 aromatic rings. The summed E-state index contributed by atoms with van der Waals surface area (Å²) in [5.41, 5.74) is 0.494. The van der Waals surface area contributed by atoms with Gasteiger partial charge in [-0.1, -0.05) is 12.1 Å². The Morgan fingerprint density at radius 3 is 2.88 bits per heavy atom. The van der Waals surface area contributed by atoms with E-state index in [2.05, 4.69) is 4.90 Å². The third kappa shape index (κ3) is 4.18. The van der Waals surface area contributed by atoms with Crippen molar-refractivity contribution in [1.29, 1.82) is 0 Å². The number of likely N-dealkylation sites (tertiary alicyclic amines) is 2. The predicted molar refractivity (Wildman–Crippen MR) is 91.0 cm³/mol. The normalized spacial score (nSPS) is 24.2. The predicted octanol–water partition coefficient (Wildman–Crippen LogP) is 2.82. The second-order valence-corrected chi connectivity index (χ2v) is 7.34. The van der Waals surface area contributed by atoms with Crippen LogP contribution < -0.4 is 0 Å². The summed E-state index contributed by atoms with van der Waals surface area (Å²) >= 11 is 0. The third-order valence-corrected chi connectivity index (χ3v) is 5.48. The SMILES string of the molecule is COCCC(=O)N1CC[C@@]2(CCCN(Cc3cccc(F)c3F)C2)C1. The summed E-state index contributed by atoms with van der Waals surface area (Å²) in [5, 5.41) is 0. The Hall–Kier alpha value is -1.53.